The number of nitrogens with zero attached hydrogens (tertiary/aromatic N) is 3. The van der Waals surface area contributed by atoms with E-state index in [-0.39, 0.29) is 0 Å². The van der Waals surface area contributed by atoms with Crippen LogP contribution in [0.3, 0.4) is 0 Å². The number of hydrogen-bond acceptors (Lipinski definition) is 4. The summed E-state index contributed by atoms with van der Waals surface area (Å²) in [6.45, 7) is 2.07. The molecule has 0 spiro atoms. The Balaban J connectivity index is 2.10. The molecule has 4 heteroatoms. The molecule has 0 radical (unpaired) electrons. The molecule has 0 aliphatic carbocycles. The molecule has 4 nitrogen and oxygen atoms in total. The van der Waals surface area contributed by atoms with Crippen LogP contribution in [-0.2, 0) is 6.42 Å². The van der Waals surface area contributed by atoms with E-state index in [4.69, 9.17) is 9.72 Å². The van der Waals surface area contributed by atoms with E-state index < -0.39 is 0 Å². The highest BCUT2D eigenvalue weighted by Crippen LogP contribution is 2.29. The van der Waals surface area contributed by atoms with Crippen molar-refractivity contribution in [3.63, 3.8) is 0 Å². The van der Waals surface area contributed by atoms with E-state index in [2.05, 4.69) is 22.9 Å². The topological polar surface area (TPSA) is 38.2 Å². The van der Waals surface area contributed by atoms with E-state index in [1.165, 1.54) is 0 Å². The van der Waals surface area contributed by atoms with E-state index in [1.54, 1.807) is 7.11 Å². The van der Waals surface area contributed by atoms with Crippen molar-refractivity contribution in [3.05, 3.63) is 54.4 Å². The summed E-state index contributed by atoms with van der Waals surface area (Å²) in [4.78, 5) is 11.4. The molecule has 0 unspecified atom stereocenters. The minimum Gasteiger partial charge on any atom is -0.497 e. The molecular formula is C18H19N3O. The van der Waals surface area contributed by atoms with Gasteiger partial charge in [0.2, 0.25) is 0 Å². The van der Waals surface area contributed by atoms with E-state index in [1.807, 2.05) is 49.5 Å². The van der Waals surface area contributed by atoms with Gasteiger partial charge in [-0.15, -0.1) is 0 Å². The first-order valence-electron chi connectivity index (χ1n) is 7.36. The van der Waals surface area contributed by atoms with Crippen LogP contribution in [0.25, 0.3) is 10.9 Å². The fraction of sp³-hybridized carbons (Fsp3) is 0.222. The van der Waals surface area contributed by atoms with E-state index in [0.717, 1.165) is 40.4 Å². The van der Waals surface area contributed by atoms with E-state index >= 15 is 0 Å². The molecule has 22 heavy (non-hydrogen) atoms. The number of hydrogen-bond donors (Lipinski definition) is 0. The molecular weight excluding hydrogens is 274 g/mol. The number of para-hydroxylation sites is 1. The summed E-state index contributed by atoms with van der Waals surface area (Å²) in [5, 5.41) is 1.05. The first kappa shape index (κ1) is 14.3. The molecule has 0 N–H and O–H groups in total. The quantitative estimate of drug-likeness (QED) is 0.729. The van der Waals surface area contributed by atoms with Gasteiger partial charge in [-0.05, 0) is 36.4 Å². The zero-order valence-corrected chi connectivity index (χ0v) is 13.1. The first-order chi connectivity index (χ1) is 10.7. The Labute approximate surface area is 130 Å². The predicted octanol–water partition coefficient (Wildman–Crippen LogP) is 3.97. The SMILES string of the molecule is CCc1nc(N(C)c2ccc(OC)cc2)c2ccccc2n1. The second-order valence-corrected chi connectivity index (χ2v) is 5.09. The molecule has 0 bridgehead atoms. The summed E-state index contributed by atoms with van der Waals surface area (Å²) in [7, 11) is 3.69. The Morgan fingerprint density at radius 1 is 1.00 bits per heavy atom. The number of methoxy groups -OCH3 is 1. The van der Waals surface area contributed by atoms with Gasteiger partial charge < -0.3 is 9.64 Å². The van der Waals surface area contributed by atoms with Crippen LogP contribution in [0.4, 0.5) is 11.5 Å². The van der Waals surface area contributed by atoms with Crippen molar-refractivity contribution in [2.45, 2.75) is 13.3 Å². The van der Waals surface area contributed by atoms with Crippen LogP contribution in [-0.4, -0.2) is 24.1 Å². The number of rotatable bonds is 4. The highest BCUT2D eigenvalue weighted by molar-refractivity contribution is 5.91. The maximum absolute atomic E-state index is 5.22. The third kappa shape index (κ3) is 2.60. The molecule has 0 amide bonds. The summed E-state index contributed by atoms with van der Waals surface area (Å²) in [5.74, 6) is 2.63. The van der Waals surface area contributed by atoms with Gasteiger partial charge >= 0.3 is 0 Å². The van der Waals surface area contributed by atoms with Gasteiger partial charge in [-0.1, -0.05) is 19.1 Å². The summed E-state index contributed by atoms with van der Waals surface area (Å²) in [6.07, 6.45) is 0.814. The highest BCUT2D eigenvalue weighted by Gasteiger charge is 2.12. The maximum Gasteiger partial charge on any atom is 0.144 e. The largest absolute Gasteiger partial charge is 0.497 e. The number of aromatic nitrogens is 2. The monoisotopic (exact) mass is 293 g/mol. The normalized spacial score (nSPS) is 10.7. The molecule has 2 aromatic carbocycles. The first-order valence-corrected chi connectivity index (χ1v) is 7.36. The number of ether oxygens (including phenoxy) is 1. The van der Waals surface area contributed by atoms with Gasteiger partial charge in [0.05, 0.1) is 12.6 Å². The summed E-state index contributed by atoms with van der Waals surface area (Å²) in [6, 6.07) is 16.1. The second-order valence-electron chi connectivity index (χ2n) is 5.09. The number of aryl methyl sites for hydroxylation is 1. The van der Waals surface area contributed by atoms with Crippen molar-refractivity contribution < 1.29 is 4.74 Å². The summed E-state index contributed by atoms with van der Waals surface area (Å²) in [5.41, 5.74) is 2.04. The van der Waals surface area contributed by atoms with Crippen molar-refractivity contribution in [3.8, 4) is 5.75 Å². The Kier molecular flexibility index (Phi) is 3.92. The molecule has 0 saturated heterocycles. The van der Waals surface area contributed by atoms with Crippen LogP contribution >= 0.6 is 0 Å². The fourth-order valence-corrected chi connectivity index (χ4v) is 2.45. The Hall–Kier alpha value is -2.62. The zero-order chi connectivity index (χ0) is 15.5. The van der Waals surface area contributed by atoms with Gasteiger partial charge in [0.15, 0.2) is 0 Å². The Morgan fingerprint density at radius 2 is 1.73 bits per heavy atom. The fourth-order valence-electron chi connectivity index (χ4n) is 2.45. The van der Waals surface area contributed by atoms with Crippen LogP contribution in [0.15, 0.2) is 48.5 Å². The van der Waals surface area contributed by atoms with Crippen molar-refractivity contribution in [1.29, 1.82) is 0 Å². The minimum atomic E-state index is 0.814. The van der Waals surface area contributed by atoms with Crippen molar-refractivity contribution in [1.82, 2.24) is 9.97 Å². The Morgan fingerprint density at radius 3 is 2.41 bits per heavy atom. The molecule has 1 aromatic heterocycles. The van der Waals surface area contributed by atoms with Crippen LogP contribution in [0.1, 0.15) is 12.7 Å². The van der Waals surface area contributed by atoms with Gasteiger partial charge in [-0.3, -0.25) is 0 Å². The molecule has 0 saturated carbocycles. The zero-order valence-electron chi connectivity index (χ0n) is 13.1. The van der Waals surface area contributed by atoms with Crippen LogP contribution < -0.4 is 9.64 Å². The third-order valence-corrected chi connectivity index (χ3v) is 3.72. The number of anilines is 2. The molecule has 0 aliphatic rings. The molecule has 112 valence electrons. The van der Waals surface area contributed by atoms with Gasteiger partial charge in [-0.25, -0.2) is 9.97 Å². The average Bonchev–Trinajstić information content (AvgIpc) is 2.60. The van der Waals surface area contributed by atoms with Gasteiger partial charge in [0, 0.05) is 24.5 Å². The van der Waals surface area contributed by atoms with Crippen molar-refractivity contribution >= 4 is 22.4 Å². The number of fused-ring (bicyclic) bond motifs is 1. The standard InChI is InChI=1S/C18H19N3O/c1-4-17-19-16-8-6-5-7-15(16)18(20-17)21(2)13-9-11-14(22-3)12-10-13/h5-12H,4H2,1-3H3. The van der Waals surface area contributed by atoms with E-state index in [0.29, 0.717) is 0 Å². The molecule has 3 rings (SSSR count). The van der Waals surface area contributed by atoms with E-state index in [9.17, 15) is 0 Å². The summed E-state index contributed by atoms with van der Waals surface area (Å²) < 4.78 is 5.22. The molecule has 1 heterocycles. The minimum absolute atomic E-state index is 0.814. The highest BCUT2D eigenvalue weighted by atomic mass is 16.5. The smallest absolute Gasteiger partial charge is 0.144 e. The lowest BCUT2D eigenvalue weighted by atomic mass is 10.2. The van der Waals surface area contributed by atoms with Crippen LogP contribution in [0.5, 0.6) is 5.75 Å². The maximum atomic E-state index is 5.22. The Bertz CT molecular complexity index is 784. The second kappa shape index (κ2) is 6.02. The van der Waals surface area contributed by atoms with Crippen LogP contribution in [0, 0.1) is 0 Å². The number of benzene rings is 2. The van der Waals surface area contributed by atoms with Crippen molar-refractivity contribution in [2.24, 2.45) is 0 Å². The summed E-state index contributed by atoms with van der Waals surface area (Å²) >= 11 is 0. The van der Waals surface area contributed by atoms with Gasteiger partial charge in [0.25, 0.3) is 0 Å². The predicted molar refractivity (Wildman–Crippen MR) is 90.0 cm³/mol. The van der Waals surface area contributed by atoms with Crippen LogP contribution in [0.2, 0.25) is 0 Å². The average molecular weight is 293 g/mol. The molecule has 0 fully saturated rings. The van der Waals surface area contributed by atoms with Gasteiger partial charge in [-0.2, -0.15) is 0 Å². The molecule has 0 aliphatic heterocycles. The lowest BCUT2D eigenvalue weighted by Crippen LogP contribution is -2.13. The molecule has 3 aromatic rings. The molecule has 0 atom stereocenters. The van der Waals surface area contributed by atoms with Crippen molar-refractivity contribution in [2.75, 3.05) is 19.1 Å². The lowest BCUT2D eigenvalue weighted by molar-refractivity contribution is 0.415. The third-order valence-electron chi connectivity index (χ3n) is 3.72. The lowest BCUT2D eigenvalue weighted by Gasteiger charge is -2.21. The van der Waals surface area contributed by atoms with Gasteiger partial charge in [0.1, 0.15) is 17.4 Å².